The van der Waals surface area contributed by atoms with E-state index in [1.807, 2.05) is 32.0 Å². The third-order valence-corrected chi connectivity index (χ3v) is 6.20. The first kappa shape index (κ1) is 21.7. The maximum atomic E-state index is 13.2. The molecule has 0 spiro atoms. The highest BCUT2D eigenvalue weighted by molar-refractivity contribution is 5.92. The first-order valence-electron chi connectivity index (χ1n) is 10.8. The van der Waals surface area contributed by atoms with Crippen molar-refractivity contribution in [1.82, 2.24) is 9.88 Å². The summed E-state index contributed by atoms with van der Waals surface area (Å²) >= 11 is 0. The van der Waals surface area contributed by atoms with E-state index >= 15 is 0 Å². The van der Waals surface area contributed by atoms with E-state index in [1.54, 1.807) is 22.9 Å². The average Bonchev–Trinajstić information content (AvgIpc) is 3.22. The molecular formula is C25H28N2O5. The Labute approximate surface area is 186 Å². The zero-order valence-corrected chi connectivity index (χ0v) is 18.8. The number of aryl methyl sites for hydroxylation is 1. The van der Waals surface area contributed by atoms with Crippen LogP contribution < -0.4 is 25.1 Å². The Kier molecular flexibility index (Phi) is 6.08. The molecule has 1 aliphatic rings. The molecule has 2 atom stereocenters. The number of aromatic nitrogens is 1. The summed E-state index contributed by atoms with van der Waals surface area (Å²) in [6.07, 6.45) is 3.54. The molecule has 32 heavy (non-hydrogen) atoms. The lowest BCUT2D eigenvalue weighted by Crippen LogP contribution is -2.31. The van der Waals surface area contributed by atoms with Gasteiger partial charge >= 0.3 is 6.09 Å². The summed E-state index contributed by atoms with van der Waals surface area (Å²) in [5, 5.41) is 3.87. The smallest absolute Gasteiger partial charge is 0.413 e. The summed E-state index contributed by atoms with van der Waals surface area (Å²) in [5.41, 5.74) is 2.18. The monoisotopic (exact) mass is 436 g/mol. The van der Waals surface area contributed by atoms with Gasteiger partial charge in [-0.3, -0.25) is 4.79 Å². The number of methoxy groups -OCH3 is 2. The molecule has 1 heterocycles. The lowest BCUT2D eigenvalue weighted by molar-refractivity contribution is 0.196. The van der Waals surface area contributed by atoms with Crippen molar-refractivity contribution in [1.29, 1.82) is 0 Å². The van der Waals surface area contributed by atoms with Crippen LogP contribution in [-0.2, 0) is 6.42 Å². The van der Waals surface area contributed by atoms with Crippen LogP contribution in [0.15, 0.2) is 47.4 Å². The fraction of sp³-hybridized carbons (Fsp3) is 0.360. The zero-order valence-electron chi connectivity index (χ0n) is 18.8. The highest BCUT2D eigenvalue weighted by Crippen LogP contribution is 2.36. The quantitative estimate of drug-likeness (QED) is 0.602. The van der Waals surface area contributed by atoms with E-state index in [0.29, 0.717) is 28.0 Å². The van der Waals surface area contributed by atoms with Gasteiger partial charge in [-0.1, -0.05) is 31.2 Å². The van der Waals surface area contributed by atoms with Crippen LogP contribution in [-0.4, -0.2) is 24.9 Å². The van der Waals surface area contributed by atoms with E-state index in [9.17, 15) is 9.59 Å². The van der Waals surface area contributed by atoms with Crippen LogP contribution in [0.3, 0.4) is 0 Å². The molecule has 7 nitrogen and oxygen atoms in total. The molecule has 0 fully saturated rings. The van der Waals surface area contributed by atoms with Crippen LogP contribution in [0.25, 0.3) is 10.8 Å². The number of nitrogens with one attached hydrogen (secondary N) is 1. The van der Waals surface area contributed by atoms with Crippen molar-refractivity contribution in [3.05, 3.63) is 64.1 Å². The van der Waals surface area contributed by atoms with Gasteiger partial charge in [0, 0.05) is 11.4 Å². The normalized spacial score (nSPS) is 15.8. The number of benzene rings is 2. The van der Waals surface area contributed by atoms with Gasteiger partial charge in [0.05, 0.1) is 31.8 Å². The maximum Gasteiger partial charge on any atom is 0.413 e. The number of ether oxygens (including phenoxy) is 3. The van der Waals surface area contributed by atoms with Crippen molar-refractivity contribution in [2.24, 2.45) is 0 Å². The minimum atomic E-state index is -0.558. The highest BCUT2D eigenvalue weighted by atomic mass is 16.6. The molecule has 4 rings (SSSR count). The van der Waals surface area contributed by atoms with Crippen LogP contribution in [0.4, 0.5) is 4.79 Å². The first-order valence-corrected chi connectivity index (χ1v) is 10.8. The Hall–Kier alpha value is -3.48. The van der Waals surface area contributed by atoms with Crippen molar-refractivity contribution >= 4 is 16.9 Å². The van der Waals surface area contributed by atoms with Gasteiger partial charge in [0.25, 0.3) is 5.56 Å². The molecule has 1 aliphatic carbocycles. The highest BCUT2D eigenvalue weighted by Gasteiger charge is 2.25. The number of amides is 1. The van der Waals surface area contributed by atoms with Gasteiger partial charge in [-0.2, -0.15) is 0 Å². The second-order valence-corrected chi connectivity index (χ2v) is 8.04. The number of fused-ring (bicyclic) bond motifs is 2. The van der Waals surface area contributed by atoms with Crippen molar-refractivity contribution < 1.29 is 19.0 Å². The standard InChI is InChI=1S/C25H28N2O5/c1-5-15(2)27-14-23(18-12-21(30-3)22(31-4)13-19(18)24(27)28)32-25(29)26-20-11-10-16-8-6-7-9-17(16)20/h6-9,12-15,20H,5,10-11H2,1-4H3,(H,26,29). The predicted molar refractivity (Wildman–Crippen MR) is 123 cm³/mol. The molecule has 1 N–H and O–H groups in total. The van der Waals surface area contributed by atoms with Gasteiger partial charge in [-0.25, -0.2) is 4.79 Å². The number of hydrogen-bond acceptors (Lipinski definition) is 5. The molecule has 0 saturated heterocycles. The number of pyridine rings is 1. The Morgan fingerprint density at radius 1 is 1.12 bits per heavy atom. The van der Waals surface area contributed by atoms with Gasteiger partial charge in [0.15, 0.2) is 17.2 Å². The molecule has 2 aromatic carbocycles. The van der Waals surface area contributed by atoms with E-state index in [1.165, 1.54) is 19.8 Å². The number of hydrogen-bond donors (Lipinski definition) is 1. The van der Waals surface area contributed by atoms with Crippen molar-refractivity contribution in [3.8, 4) is 17.2 Å². The Morgan fingerprint density at radius 3 is 2.50 bits per heavy atom. The first-order chi connectivity index (χ1) is 15.5. The fourth-order valence-corrected chi connectivity index (χ4v) is 4.24. The Balaban J connectivity index is 1.72. The fourth-order valence-electron chi connectivity index (χ4n) is 4.24. The average molecular weight is 437 g/mol. The summed E-state index contributed by atoms with van der Waals surface area (Å²) in [6.45, 7) is 3.95. The summed E-state index contributed by atoms with van der Waals surface area (Å²) in [7, 11) is 3.04. The molecule has 0 radical (unpaired) electrons. The summed E-state index contributed by atoms with van der Waals surface area (Å²) in [4.78, 5) is 26.0. The number of carbonyl (C=O) groups excluding carboxylic acids is 1. The van der Waals surface area contributed by atoms with E-state index in [2.05, 4.69) is 11.4 Å². The molecule has 7 heteroatoms. The van der Waals surface area contributed by atoms with E-state index in [4.69, 9.17) is 14.2 Å². The van der Waals surface area contributed by atoms with Gasteiger partial charge in [0.2, 0.25) is 0 Å². The van der Waals surface area contributed by atoms with Crippen molar-refractivity contribution in [2.75, 3.05) is 14.2 Å². The third-order valence-electron chi connectivity index (χ3n) is 6.20. The minimum Gasteiger partial charge on any atom is -0.493 e. The van der Waals surface area contributed by atoms with Gasteiger partial charge < -0.3 is 24.1 Å². The topological polar surface area (TPSA) is 78.8 Å². The number of rotatable bonds is 6. The van der Waals surface area contributed by atoms with Gasteiger partial charge in [-0.15, -0.1) is 0 Å². The van der Waals surface area contributed by atoms with Crippen molar-refractivity contribution in [2.45, 2.75) is 45.2 Å². The van der Waals surface area contributed by atoms with Crippen LogP contribution in [0.2, 0.25) is 0 Å². The lowest BCUT2D eigenvalue weighted by Gasteiger charge is -2.19. The second-order valence-electron chi connectivity index (χ2n) is 8.04. The van der Waals surface area contributed by atoms with Gasteiger partial charge in [0.1, 0.15) is 0 Å². The molecular weight excluding hydrogens is 408 g/mol. The molecule has 1 aromatic heterocycles. The largest absolute Gasteiger partial charge is 0.493 e. The minimum absolute atomic E-state index is 0.0629. The summed E-state index contributed by atoms with van der Waals surface area (Å²) in [6, 6.07) is 11.2. The second kappa shape index (κ2) is 8.94. The maximum absolute atomic E-state index is 13.2. The number of nitrogens with zero attached hydrogens (tertiary/aromatic N) is 1. The Bertz CT molecular complexity index is 1220. The summed E-state index contributed by atoms with van der Waals surface area (Å²) in [5.74, 6) is 1.19. The lowest BCUT2D eigenvalue weighted by atomic mass is 10.1. The van der Waals surface area contributed by atoms with Gasteiger partial charge in [-0.05, 0) is 49.4 Å². The zero-order chi connectivity index (χ0) is 22.8. The van der Waals surface area contributed by atoms with Crippen LogP contribution in [0, 0.1) is 0 Å². The van der Waals surface area contributed by atoms with Crippen LogP contribution in [0.1, 0.15) is 49.9 Å². The molecule has 0 saturated carbocycles. The van der Waals surface area contributed by atoms with E-state index in [-0.39, 0.29) is 17.6 Å². The SMILES string of the molecule is CCC(C)n1cc(OC(=O)NC2CCc3ccccc32)c2cc(OC)c(OC)cc2c1=O. The van der Waals surface area contributed by atoms with Crippen molar-refractivity contribution in [3.63, 3.8) is 0 Å². The molecule has 0 bridgehead atoms. The molecule has 1 amide bonds. The molecule has 0 aliphatic heterocycles. The predicted octanol–water partition coefficient (Wildman–Crippen LogP) is 4.77. The van der Waals surface area contributed by atoms with Crippen LogP contribution >= 0.6 is 0 Å². The van der Waals surface area contributed by atoms with E-state index in [0.717, 1.165) is 24.8 Å². The number of carbonyl (C=O) groups is 1. The third kappa shape index (κ3) is 3.90. The Morgan fingerprint density at radius 2 is 1.81 bits per heavy atom. The molecule has 2 unspecified atom stereocenters. The summed E-state index contributed by atoms with van der Waals surface area (Å²) < 4.78 is 18.1. The molecule has 168 valence electrons. The van der Waals surface area contributed by atoms with E-state index < -0.39 is 6.09 Å². The molecule has 3 aromatic rings. The van der Waals surface area contributed by atoms with Crippen LogP contribution in [0.5, 0.6) is 17.2 Å².